The Labute approximate surface area is 83.5 Å². The van der Waals surface area contributed by atoms with Crippen molar-refractivity contribution >= 4 is 5.91 Å². The summed E-state index contributed by atoms with van der Waals surface area (Å²) in [6.45, 7) is 0. The van der Waals surface area contributed by atoms with E-state index in [-0.39, 0.29) is 5.91 Å². The van der Waals surface area contributed by atoms with Crippen molar-refractivity contribution in [1.82, 2.24) is 5.01 Å². The number of carbonyl (C=O) groups excluding carboxylic acids is 1. The van der Waals surface area contributed by atoms with Crippen molar-refractivity contribution < 1.29 is 4.79 Å². The van der Waals surface area contributed by atoms with Crippen molar-refractivity contribution in [3.8, 4) is 0 Å². The molecule has 0 aliphatic rings. The predicted octanol–water partition coefficient (Wildman–Crippen LogP) is -0.111. The molecule has 76 valence electrons. The maximum absolute atomic E-state index is 11.3. The molecule has 0 radical (unpaired) electrons. The van der Waals surface area contributed by atoms with Crippen molar-refractivity contribution in [2.75, 3.05) is 7.05 Å². The molecule has 0 fully saturated rings. The maximum Gasteiger partial charge on any atom is 0.253 e. The topological polar surface area (TPSA) is 72.3 Å². The van der Waals surface area contributed by atoms with Gasteiger partial charge in [-0.1, -0.05) is 30.3 Å². The van der Waals surface area contributed by atoms with E-state index in [1.54, 1.807) is 0 Å². The van der Waals surface area contributed by atoms with Gasteiger partial charge in [0.25, 0.3) is 5.91 Å². The zero-order valence-electron chi connectivity index (χ0n) is 8.18. The van der Waals surface area contributed by atoms with Gasteiger partial charge in [0.2, 0.25) is 0 Å². The van der Waals surface area contributed by atoms with Gasteiger partial charge in [-0.2, -0.15) is 0 Å². The van der Waals surface area contributed by atoms with Crippen LogP contribution in [0.15, 0.2) is 30.3 Å². The second-order valence-electron chi connectivity index (χ2n) is 3.25. The van der Waals surface area contributed by atoms with Crippen molar-refractivity contribution in [1.29, 1.82) is 0 Å². The quantitative estimate of drug-likeness (QED) is 0.399. The summed E-state index contributed by atoms with van der Waals surface area (Å²) in [5.41, 5.74) is 6.72. The first-order valence-electron chi connectivity index (χ1n) is 4.43. The van der Waals surface area contributed by atoms with Gasteiger partial charge in [0, 0.05) is 7.05 Å². The third-order valence-electron chi connectivity index (χ3n) is 1.96. The van der Waals surface area contributed by atoms with Crippen LogP contribution in [0.1, 0.15) is 5.56 Å². The van der Waals surface area contributed by atoms with Crippen LogP contribution in [0.2, 0.25) is 0 Å². The van der Waals surface area contributed by atoms with Crippen LogP contribution >= 0.6 is 0 Å². The Hall–Kier alpha value is -1.39. The monoisotopic (exact) mass is 193 g/mol. The third-order valence-corrected chi connectivity index (χ3v) is 1.96. The first-order chi connectivity index (χ1) is 6.61. The van der Waals surface area contributed by atoms with Gasteiger partial charge in [-0.3, -0.25) is 9.80 Å². The molecule has 1 atom stereocenters. The van der Waals surface area contributed by atoms with Crippen molar-refractivity contribution in [2.45, 2.75) is 12.5 Å². The minimum absolute atomic E-state index is 0.256. The summed E-state index contributed by atoms with van der Waals surface area (Å²) in [4.78, 5) is 11.3. The molecule has 1 rings (SSSR count). The molecule has 4 N–H and O–H groups in total. The number of carbonyl (C=O) groups is 1. The molecule has 4 nitrogen and oxygen atoms in total. The van der Waals surface area contributed by atoms with Gasteiger partial charge in [-0.15, -0.1) is 0 Å². The lowest BCUT2D eigenvalue weighted by molar-refractivity contribution is -0.131. The van der Waals surface area contributed by atoms with Gasteiger partial charge < -0.3 is 5.73 Å². The fourth-order valence-electron chi connectivity index (χ4n) is 1.22. The number of hydrazine groups is 1. The Kier molecular flexibility index (Phi) is 3.62. The van der Waals surface area contributed by atoms with Gasteiger partial charge in [0.1, 0.15) is 0 Å². The van der Waals surface area contributed by atoms with E-state index in [0.717, 1.165) is 10.6 Å². The first-order valence-corrected chi connectivity index (χ1v) is 4.43. The van der Waals surface area contributed by atoms with Crippen LogP contribution in [0.25, 0.3) is 0 Å². The number of nitrogens with zero attached hydrogens (tertiary/aromatic N) is 1. The van der Waals surface area contributed by atoms with Crippen LogP contribution in [0.3, 0.4) is 0 Å². The summed E-state index contributed by atoms with van der Waals surface area (Å²) in [6.07, 6.45) is 0.515. The zero-order valence-corrected chi connectivity index (χ0v) is 8.18. The lowest BCUT2D eigenvalue weighted by Gasteiger charge is -2.15. The number of amides is 1. The third kappa shape index (κ3) is 2.83. The molecule has 14 heavy (non-hydrogen) atoms. The van der Waals surface area contributed by atoms with Gasteiger partial charge in [-0.25, -0.2) is 5.84 Å². The highest BCUT2D eigenvalue weighted by molar-refractivity contribution is 5.81. The molecular formula is C10H15N3O. The van der Waals surface area contributed by atoms with Gasteiger partial charge in [0.15, 0.2) is 0 Å². The molecule has 0 aromatic heterocycles. The predicted molar refractivity (Wildman–Crippen MR) is 55.1 cm³/mol. The largest absolute Gasteiger partial charge is 0.320 e. The molecule has 0 heterocycles. The van der Waals surface area contributed by atoms with E-state index in [0.29, 0.717) is 6.42 Å². The molecule has 0 spiro atoms. The van der Waals surface area contributed by atoms with Crippen LogP contribution < -0.4 is 11.6 Å². The second kappa shape index (κ2) is 4.74. The van der Waals surface area contributed by atoms with E-state index in [9.17, 15) is 4.79 Å². The van der Waals surface area contributed by atoms with Crippen molar-refractivity contribution in [2.24, 2.45) is 11.6 Å². The van der Waals surface area contributed by atoms with E-state index < -0.39 is 6.04 Å². The number of rotatable bonds is 3. The van der Waals surface area contributed by atoms with Gasteiger partial charge >= 0.3 is 0 Å². The lowest BCUT2D eigenvalue weighted by atomic mass is 10.1. The Morgan fingerprint density at radius 2 is 2.00 bits per heavy atom. The summed E-state index contributed by atoms with van der Waals surface area (Å²) in [5.74, 6) is 5.04. The molecule has 0 saturated heterocycles. The number of nitrogens with two attached hydrogens (primary N) is 2. The van der Waals surface area contributed by atoms with Crippen LogP contribution in [-0.2, 0) is 11.2 Å². The van der Waals surface area contributed by atoms with Crippen LogP contribution in [0, 0.1) is 0 Å². The number of hydrogen-bond donors (Lipinski definition) is 2. The normalized spacial score (nSPS) is 12.2. The molecule has 0 aliphatic carbocycles. The second-order valence-corrected chi connectivity index (χ2v) is 3.25. The fourth-order valence-corrected chi connectivity index (χ4v) is 1.22. The highest BCUT2D eigenvalue weighted by atomic mass is 16.2. The summed E-state index contributed by atoms with van der Waals surface area (Å²) < 4.78 is 0. The standard InChI is InChI=1S/C10H15N3O/c1-13(12)10(14)9(11)7-8-5-3-2-4-6-8/h2-6,9H,7,11-12H2,1H3. The summed E-state index contributed by atoms with van der Waals surface area (Å²) in [5, 5.41) is 1.02. The maximum atomic E-state index is 11.3. The lowest BCUT2D eigenvalue weighted by Crippen LogP contribution is -2.46. The van der Waals surface area contributed by atoms with Crippen LogP contribution in [0.5, 0.6) is 0 Å². The summed E-state index contributed by atoms with van der Waals surface area (Å²) in [7, 11) is 1.49. The highest BCUT2D eigenvalue weighted by Gasteiger charge is 2.15. The molecular weight excluding hydrogens is 178 g/mol. The SMILES string of the molecule is CN(N)C(=O)C(N)Cc1ccccc1. The average Bonchev–Trinajstić information content (AvgIpc) is 2.18. The number of benzene rings is 1. The Balaban J connectivity index is 2.57. The summed E-state index contributed by atoms with van der Waals surface area (Å²) in [6, 6.07) is 9.06. The van der Waals surface area contributed by atoms with Gasteiger partial charge in [-0.05, 0) is 12.0 Å². The van der Waals surface area contributed by atoms with Gasteiger partial charge in [0.05, 0.1) is 6.04 Å². The van der Waals surface area contributed by atoms with E-state index in [1.165, 1.54) is 7.05 Å². The molecule has 0 bridgehead atoms. The van der Waals surface area contributed by atoms with E-state index in [1.807, 2.05) is 30.3 Å². The van der Waals surface area contributed by atoms with Crippen LogP contribution in [0.4, 0.5) is 0 Å². The van der Waals surface area contributed by atoms with Crippen LogP contribution in [-0.4, -0.2) is 24.0 Å². The first kappa shape index (κ1) is 10.7. The van der Waals surface area contributed by atoms with Crippen molar-refractivity contribution in [3.63, 3.8) is 0 Å². The average molecular weight is 193 g/mol. The molecule has 1 aromatic rings. The molecule has 4 heteroatoms. The highest BCUT2D eigenvalue weighted by Crippen LogP contribution is 2.02. The Bertz CT molecular complexity index is 297. The van der Waals surface area contributed by atoms with Crippen molar-refractivity contribution in [3.05, 3.63) is 35.9 Å². The minimum atomic E-state index is -0.563. The molecule has 1 unspecified atom stereocenters. The Morgan fingerprint density at radius 1 is 1.43 bits per heavy atom. The number of hydrogen-bond acceptors (Lipinski definition) is 3. The van der Waals surface area contributed by atoms with E-state index in [4.69, 9.17) is 11.6 Å². The Morgan fingerprint density at radius 3 is 2.50 bits per heavy atom. The smallest absolute Gasteiger partial charge is 0.253 e. The van der Waals surface area contributed by atoms with E-state index >= 15 is 0 Å². The molecule has 0 saturated carbocycles. The molecule has 1 aromatic carbocycles. The number of likely N-dealkylation sites (N-methyl/N-ethyl adjacent to an activating group) is 1. The van der Waals surface area contributed by atoms with E-state index in [2.05, 4.69) is 0 Å². The molecule has 0 aliphatic heterocycles. The fraction of sp³-hybridized carbons (Fsp3) is 0.300. The minimum Gasteiger partial charge on any atom is -0.320 e. The molecule has 1 amide bonds. The summed E-state index contributed by atoms with van der Waals surface area (Å²) >= 11 is 0. The zero-order chi connectivity index (χ0) is 10.6.